The number of carbonyl (C=O) groups is 2. The zero-order valence-corrected chi connectivity index (χ0v) is 15.9. The van der Waals surface area contributed by atoms with Gasteiger partial charge in [0.15, 0.2) is 0 Å². The molecule has 0 fully saturated rings. The number of benzene rings is 2. The van der Waals surface area contributed by atoms with Crippen LogP contribution in [0.25, 0.3) is 10.1 Å². The Bertz CT molecular complexity index is 939. The molecule has 6 heteroatoms. The van der Waals surface area contributed by atoms with E-state index in [1.54, 1.807) is 18.3 Å². The highest BCUT2D eigenvalue weighted by atomic mass is 32.1. The number of rotatable bonds is 7. The molecular weight excluding hydrogens is 360 g/mol. The molecule has 0 radical (unpaired) electrons. The molecule has 3 aromatic rings. The van der Waals surface area contributed by atoms with Gasteiger partial charge >= 0.3 is 6.09 Å². The van der Waals surface area contributed by atoms with Crippen molar-refractivity contribution in [1.29, 1.82) is 0 Å². The van der Waals surface area contributed by atoms with Gasteiger partial charge in [0.05, 0.1) is 0 Å². The molecule has 140 valence electrons. The second-order valence-electron chi connectivity index (χ2n) is 6.69. The summed E-state index contributed by atoms with van der Waals surface area (Å²) < 4.78 is 1.12. The molecular formula is C21H22N2O3S. The predicted molar refractivity (Wildman–Crippen MR) is 108 cm³/mol. The molecule has 0 aliphatic carbocycles. The van der Waals surface area contributed by atoms with E-state index in [1.165, 1.54) is 0 Å². The van der Waals surface area contributed by atoms with E-state index in [1.807, 2.05) is 60.0 Å². The SMILES string of the molecule is CC(Cc1csc2ccccc12)(NC(=O)O)C(=O)NCCc1ccccc1. The first-order valence-electron chi connectivity index (χ1n) is 8.76. The van der Waals surface area contributed by atoms with Crippen molar-refractivity contribution in [3.63, 3.8) is 0 Å². The molecule has 1 unspecified atom stereocenters. The maximum atomic E-state index is 12.8. The van der Waals surface area contributed by atoms with Crippen LogP contribution in [0.2, 0.25) is 0 Å². The first kappa shape index (κ1) is 18.9. The zero-order valence-electron chi connectivity index (χ0n) is 15.1. The van der Waals surface area contributed by atoms with Crippen LogP contribution in [0.5, 0.6) is 0 Å². The third kappa shape index (κ3) is 4.65. The van der Waals surface area contributed by atoms with Gasteiger partial charge in [0, 0.05) is 17.7 Å². The Morgan fingerprint density at radius 1 is 1.07 bits per heavy atom. The number of fused-ring (bicyclic) bond motifs is 1. The van der Waals surface area contributed by atoms with E-state index < -0.39 is 11.6 Å². The van der Waals surface area contributed by atoms with Crippen molar-refractivity contribution in [2.45, 2.75) is 25.3 Å². The summed E-state index contributed by atoms with van der Waals surface area (Å²) in [6, 6.07) is 17.8. The van der Waals surface area contributed by atoms with Gasteiger partial charge in [-0.05, 0) is 41.3 Å². The minimum absolute atomic E-state index is 0.292. The Balaban J connectivity index is 1.73. The van der Waals surface area contributed by atoms with E-state index in [0.29, 0.717) is 19.4 Å². The van der Waals surface area contributed by atoms with Crippen molar-refractivity contribution in [2.75, 3.05) is 6.54 Å². The largest absolute Gasteiger partial charge is 0.465 e. The molecule has 0 bridgehead atoms. The second-order valence-corrected chi connectivity index (χ2v) is 7.60. The molecule has 0 aliphatic heterocycles. The van der Waals surface area contributed by atoms with Crippen molar-refractivity contribution in [3.05, 3.63) is 71.1 Å². The van der Waals surface area contributed by atoms with Crippen molar-refractivity contribution >= 4 is 33.4 Å². The summed E-state index contributed by atoms with van der Waals surface area (Å²) in [6.07, 6.45) is -0.229. The summed E-state index contributed by atoms with van der Waals surface area (Å²) in [5.41, 5.74) is 0.839. The third-order valence-electron chi connectivity index (χ3n) is 4.53. The van der Waals surface area contributed by atoms with Gasteiger partial charge in [-0.25, -0.2) is 4.79 Å². The Labute approximate surface area is 162 Å². The van der Waals surface area contributed by atoms with E-state index in [4.69, 9.17) is 0 Å². The van der Waals surface area contributed by atoms with E-state index in [9.17, 15) is 14.7 Å². The van der Waals surface area contributed by atoms with Gasteiger partial charge in [-0.2, -0.15) is 0 Å². The third-order valence-corrected chi connectivity index (χ3v) is 5.54. The fourth-order valence-corrected chi connectivity index (χ4v) is 4.09. The van der Waals surface area contributed by atoms with Gasteiger partial charge < -0.3 is 15.7 Å². The highest BCUT2D eigenvalue weighted by Crippen LogP contribution is 2.28. The topological polar surface area (TPSA) is 78.4 Å². The molecule has 27 heavy (non-hydrogen) atoms. The minimum Gasteiger partial charge on any atom is -0.465 e. The van der Waals surface area contributed by atoms with Gasteiger partial charge in [0.25, 0.3) is 0 Å². The van der Waals surface area contributed by atoms with E-state index in [2.05, 4.69) is 10.6 Å². The number of hydrogen-bond donors (Lipinski definition) is 3. The zero-order chi connectivity index (χ0) is 19.3. The van der Waals surface area contributed by atoms with Gasteiger partial charge in [0.1, 0.15) is 5.54 Å². The highest BCUT2D eigenvalue weighted by molar-refractivity contribution is 7.17. The molecule has 1 heterocycles. The second kappa shape index (κ2) is 8.22. The maximum absolute atomic E-state index is 12.8. The van der Waals surface area contributed by atoms with Gasteiger partial charge in [-0.3, -0.25) is 4.79 Å². The number of thiophene rings is 1. The number of nitrogens with one attached hydrogen (secondary N) is 2. The van der Waals surface area contributed by atoms with Crippen LogP contribution in [0, 0.1) is 0 Å². The van der Waals surface area contributed by atoms with Crippen LogP contribution in [-0.2, 0) is 17.6 Å². The summed E-state index contributed by atoms with van der Waals surface area (Å²) in [4.78, 5) is 24.1. The van der Waals surface area contributed by atoms with Crippen LogP contribution in [0.3, 0.4) is 0 Å². The number of carbonyl (C=O) groups excluding carboxylic acids is 1. The molecule has 0 saturated heterocycles. The number of amides is 2. The molecule has 2 aromatic carbocycles. The lowest BCUT2D eigenvalue weighted by Gasteiger charge is -2.28. The summed E-state index contributed by atoms with van der Waals surface area (Å²) in [5.74, 6) is -0.323. The maximum Gasteiger partial charge on any atom is 0.405 e. The molecule has 1 aromatic heterocycles. The average molecular weight is 382 g/mol. The minimum atomic E-state index is -1.24. The van der Waals surface area contributed by atoms with Crippen LogP contribution >= 0.6 is 11.3 Å². The van der Waals surface area contributed by atoms with Gasteiger partial charge in [-0.15, -0.1) is 11.3 Å². The molecule has 3 rings (SSSR count). The number of hydrogen-bond acceptors (Lipinski definition) is 3. The average Bonchev–Trinajstić information content (AvgIpc) is 3.04. The van der Waals surface area contributed by atoms with Gasteiger partial charge in [-0.1, -0.05) is 48.5 Å². The van der Waals surface area contributed by atoms with E-state index in [-0.39, 0.29) is 5.91 Å². The van der Waals surface area contributed by atoms with Crippen LogP contribution in [0.4, 0.5) is 4.79 Å². The van der Waals surface area contributed by atoms with Crippen LogP contribution in [0.1, 0.15) is 18.1 Å². The Morgan fingerprint density at radius 3 is 2.52 bits per heavy atom. The summed E-state index contributed by atoms with van der Waals surface area (Å²) >= 11 is 1.59. The Kier molecular flexibility index (Phi) is 5.76. The Morgan fingerprint density at radius 2 is 1.78 bits per heavy atom. The normalized spacial score (nSPS) is 13.1. The monoisotopic (exact) mass is 382 g/mol. The summed E-state index contributed by atoms with van der Waals surface area (Å²) in [7, 11) is 0. The fourth-order valence-electron chi connectivity index (χ4n) is 3.13. The van der Waals surface area contributed by atoms with Crippen molar-refractivity contribution in [2.24, 2.45) is 0 Å². The summed E-state index contributed by atoms with van der Waals surface area (Å²) in [6.45, 7) is 2.08. The molecule has 5 nitrogen and oxygen atoms in total. The van der Waals surface area contributed by atoms with Gasteiger partial charge in [0.2, 0.25) is 5.91 Å². The van der Waals surface area contributed by atoms with Crippen molar-refractivity contribution in [1.82, 2.24) is 10.6 Å². The van der Waals surface area contributed by atoms with Crippen molar-refractivity contribution < 1.29 is 14.7 Å². The summed E-state index contributed by atoms with van der Waals surface area (Å²) in [5, 5.41) is 17.6. The lowest BCUT2D eigenvalue weighted by atomic mass is 9.91. The predicted octanol–water partition coefficient (Wildman–Crippen LogP) is 3.83. The first-order valence-corrected chi connectivity index (χ1v) is 9.64. The molecule has 0 aliphatic rings. The van der Waals surface area contributed by atoms with E-state index in [0.717, 1.165) is 21.2 Å². The highest BCUT2D eigenvalue weighted by Gasteiger charge is 2.35. The first-order chi connectivity index (χ1) is 13.0. The van der Waals surface area contributed by atoms with Crippen molar-refractivity contribution in [3.8, 4) is 0 Å². The lowest BCUT2D eigenvalue weighted by molar-refractivity contribution is -0.126. The molecule has 0 spiro atoms. The molecule has 1 atom stereocenters. The van der Waals surface area contributed by atoms with Crippen LogP contribution < -0.4 is 10.6 Å². The van der Waals surface area contributed by atoms with Crippen LogP contribution in [0.15, 0.2) is 60.0 Å². The lowest BCUT2D eigenvalue weighted by Crippen LogP contribution is -2.58. The molecule has 2 amide bonds. The molecule has 0 saturated carbocycles. The standard InChI is InChI=1S/C21H22N2O3S/c1-21(23-20(25)26,13-16-14-27-18-10-6-5-9-17(16)18)19(24)22-12-11-15-7-3-2-4-8-15/h2-10,14,23H,11-13H2,1H3,(H,22,24)(H,25,26). The quantitative estimate of drug-likeness (QED) is 0.581. The van der Waals surface area contributed by atoms with E-state index >= 15 is 0 Å². The van der Waals surface area contributed by atoms with Crippen LogP contribution in [-0.4, -0.2) is 29.2 Å². The Hall–Kier alpha value is -2.86. The fraction of sp³-hybridized carbons (Fsp3) is 0.238. The number of carboxylic acid groups (broad SMARTS) is 1. The molecule has 3 N–H and O–H groups in total. The smallest absolute Gasteiger partial charge is 0.405 e.